The van der Waals surface area contributed by atoms with Gasteiger partial charge in [-0.1, -0.05) is 45.4 Å². The Bertz CT molecular complexity index is 1020. The lowest BCUT2D eigenvalue weighted by molar-refractivity contribution is 0.0497. The van der Waals surface area contributed by atoms with E-state index in [1.165, 1.54) is 52.4 Å². The van der Waals surface area contributed by atoms with Crippen molar-refractivity contribution < 1.29 is 14.6 Å². The Balaban J connectivity index is 1.90. The molecule has 0 unspecified atom stereocenters. The summed E-state index contributed by atoms with van der Waals surface area (Å²) in [7, 11) is 2.69. The lowest BCUT2D eigenvalue weighted by atomic mass is 10.1. The molecule has 8 nitrogen and oxygen atoms in total. The van der Waals surface area contributed by atoms with Gasteiger partial charge in [-0.2, -0.15) is 0 Å². The minimum Gasteiger partial charge on any atom is -0.494 e. The summed E-state index contributed by atoms with van der Waals surface area (Å²) >= 11 is 0. The number of aliphatic imine (C=N–C) groups is 1. The van der Waals surface area contributed by atoms with Crippen LogP contribution in [0, 0.1) is 0 Å². The number of aromatic nitrogens is 2. The number of hydrogen-bond acceptors (Lipinski definition) is 6. The number of ether oxygens (including phenoxy) is 1. The molecule has 0 saturated carbocycles. The van der Waals surface area contributed by atoms with E-state index < -0.39 is 17.1 Å². The Morgan fingerprint density at radius 1 is 1.00 bits per heavy atom. The molecule has 8 heteroatoms. The second kappa shape index (κ2) is 11.9. The summed E-state index contributed by atoms with van der Waals surface area (Å²) in [5.41, 5.74) is -0.460. The number of rotatable bonds is 11. The van der Waals surface area contributed by atoms with Crippen LogP contribution < -0.4 is 11.2 Å². The van der Waals surface area contributed by atoms with E-state index in [1.807, 2.05) is 0 Å². The van der Waals surface area contributed by atoms with Crippen molar-refractivity contribution in [2.45, 2.75) is 51.9 Å². The Labute approximate surface area is 181 Å². The molecule has 0 amide bonds. The molecule has 1 N–H and O–H groups in total. The smallest absolute Gasteiger partial charge is 0.338 e. The van der Waals surface area contributed by atoms with Crippen LogP contribution in [-0.4, -0.2) is 33.0 Å². The van der Waals surface area contributed by atoms with Crippen molar-refractivity contribution in [2.24, 2.45) is 19.1 Å². The highest BCUT2D eigenvalue weighted by molar-refractivity contribution is 5.90. The molecule has 1 aromatic heterocycles. The van der Waals surface area contributed by atoms with Gasteiger partial charge in [0.05, 0.1) is 17.9 Å². The predicted molar refractivity (Wildman–Crippen MR) is 121 cm³/mol. The van der Waals surface area contributed by atoms with Crippen molar-refractivity contribution >= 4 is 17.9 Å². The summed E-state index contributed by atoms with van der Waals surface area (Å²) in [6.45, 7) is 2.60. The van der Waals surface area contributed by atoms with Crippen LogP contribution in [0.25, 0.3) is 0 Å². The van der Waals surface area contributed by atoms with E-state index in [9.17, 15) is 19.5 Å². The van der Waals surface area contributed by atoms with Gasteiger partial charge >= 0.3 is 11.7 Å². The van der Waals surface area contributed by atoms with Crippen LogP contribution in [-0.2, 0) is 18.8 Å². The van der Waals surface area contributed by atoms with Gasteiger partial charge in [-0.25, -0.2) is 9.59 Å². The number of carbonyl (C=O) groups is 1. The number of unbranched alkanes of at least 4 members (excludes halogenated alkanes) is 6. The van der Waals surface area contributed by atoms with E-state index in [1.54, 1.807) is 24.3 Å². The molecule has 0 bridgehead atoms. The van der Waals surface area contributed by atoms with Crippen molar-refractivity contribution in [1.29, 1.82) is 0 Å². The minimum absolute atomic E-state index is 0.0946. The SMILES string of the molecule is CCCCCCCCCOC(=O)c1ccc(N=Cc2c(O)n(C)c(=O)n(C)c2=O)cc1. The van der Waals surface area contributed by atoms with E-state index >= 15 is 0 Å². The first-order valence-corrected chi connectivity index (χ1v) is 10.7. The van der Waals surface area contributed by atoms with Crippen LogP contribution in [0.3, 0.4) is 0 Å². The van der Waals surface area contributed by atoms with E-state index in [4.69, 9.17) is 4.74 Å². The van der Waals surface area contributed by atoms with Gasteiger partial charge in [0.2, 0.25) is 5.88 Å². The minimum atomic E-state index is -0.644. The standard InChI is InChI=1S/C23H31N3O5/c1-4-5-6-7-8-9-10-15-31-22(29)17-11-13-18(14-12-17)24-16-19-20(27)25(2)23(30)26(3)21(19)28/h11-14,16,27H,4-10,15H2,1-3H3. The molecular formula is C23H31N3O5. The molecular weight excluding hydrogens is 398 g/mol. The average molecular weight is 430 g/mol. The van der Waals surface area contributed by atoms with Gasteiger partial charge < -0.3 is 9.84 Å². The van der Waals surface area contributed by atoms with E-state index in [0.717, 1.165) is 22.0 Å². The van der Waals surface area contributed by atoms with Crippen molar-refractivity contribution in [3.05, 3.63) is 56.2 Å². The third-order valence-corrected chi connectivity index (χ3v) is 5.09. The van der Waals surface area contributed by atoms with E-state index in [-0.39, 0.29) is 11.5 Å². The zero-order chi connectivity index (χ0) is 22.8. The molecule has 0 aliphatic rings. The lowest BCUT2D eigenvalue weighted by Gasteiger charge is -2.07. The second-order valence-electron chi connectivity index (χ2n) is 7.51. The normalized spacial score (nSPS) is 11.2. The largest absolute Gasteiger partial charge is 0.494 e. The third-order valence-electron chi connectivity index (χ3n) is 5.09. The fraction of sp³-hybridized carbons (Fsp3) is 0.478. The molecule has 0 atom stereocenters. The summed E-state index contributed by atoms with van der Waals surface area (Å²) in [6, 6.07) is 6.42. The number of nitrogens with zero attached hydrogens (tertiary/aromatic N) is 3. The van der Waals surface area contributed by atoms with E-state index in [2.05, 4.69) is 11.9 Å². The zero-order valence-corrected chi connectivity index (χ0v) is 18.5. The molecule has 168 valence electrons. The summed E-state index contributed by atoms with van der Waals surface area (Å²) < 4.78 is 7.17. The van der Waals surface area contributed by atoms with Crippen molar-refractivity contribution in [2.75, 3.05) is 6.61 Å². The molecule has 0 spiro atoms. The number of aromatic hydroxyl groups is 1. The van der Waals surface area contributed by atoms with Crippen molar-refractivity contribution in [3.8, 4) is 5.88 Å². The third kappa shape index (κ3) is 6.67. The van der Waals surface area contributed by atoms with E-state index in [0.29, 0.717) is 17.9 Å². The fourth-order valence-corrected chi connectivity index (χ4v) is 3.10. The monoisotopic (exact) mass is 429 g/mol. The fourth-order valence-electron chi connectivity index (χ4n) is 3.10. The molecule has 2 aromatic rings. The van der Waals surface area contributed by atoms with Crippen LogP contribution in [0.2, 0.25) is 0 Å². The molecule has 2 rings (SSSR count). The van der Waals surface area contributed by atoms with Gasteiger partial charge in [-0.15, -0.1) is 0 Å². The number of hydrogen-bond donors (Lipinski definition) is 1. The molecule has 0 aliphatic heterocycles. The zero-order valence-electron chi connectivity index (χ0n) is 18.5. The second-order valence-corrected chi connectivity index (χ2v) is 7.51. The van der Waals surface area contributed by atoms with Crippen LogP contribution in [0.15, 0.2) is 38.8 Å². The molecule has 1 aromatic carbocycles. The topological polar surface area (TPSA) is 103 Å². The highest BCUT2D eigenvalue weighted by atomic mass is 16.5. The quantitative estimate of drug-likeness (QED) is 0.335. The van der Waals surface area contributed by atoms with Gasteiger partial charge in [0.1, 0.15) is 5.56 Å². The molecule has 0 saturated heterocycles. The number of benzene rings is 1. The van der Waals surface area contributed by atoms with Crippen molar-refractivity contribution in [3.63, 3.8) is 0 Å². The Hall–Kier alpha value is -3.16. The maximum atomic E-state index is 12.2. The first kappa shape index (κ1) is 24.1. The van der Waals surface area contributed by atoms with Gasteiger partial charge in [-0.05, 0) is 30.7 Å². The lowest BCUT2D eigenvalue weighted by Crippen LogP contribution is -2.38. The van der Waals surface area contributed by atoms with Crippen LogP contribution in [0.5, 0.6) is 5.88 Å². The van der Waals surface area contributed by atoms with Crippen LogP contribution >= 0.6 is 0 Å². The molecule has 31 heavy (non-hydrogen) atoms. The first-order valence-electron chi connectivity index (χ1n) is 10.7. The summed E-state index contributed by atoms with van der Waals surface area (Å²) in [5.74, 6) is -0.839. The number of esters is 1. The maximum Gasteiger partial charge on any atom is 0.338 e. The first-order chi connectivity index (χ1) is 14.9. The Morgan fingerprint density at radius 2 is 1.61 bits per heavy atom. The van der Waals surface area contributed by atoms with Crippen LogP contribution in [0.1, 0.15) is 67.8 Å². The molecule has 0 fully saturated rings. The Kier molecular flexibility index (Phi) is 9.24. The molecule has 0 radical (unpaired) electrons. The maximum absolute atomic E-state index is 12.2. The molecule has 1 heterocycles. The highest BCUT2D eigenvalue weighted by Crippen LogP contribution is 2.15. The highest BCUT2D eigenvalue weighted by Gasteiger charge is 2.13. The van der Waals surface area contributed by atoms with Gasteiger partial charge in [-0.3, -0.25) is 18.9 Å². The predicted octanol–water partition coefficient (Wildman–Crippen LogP) is 3.45. The average Bonchev–Trinajstić information content (AvgIpc) is 2.78. The summed E-state index contributed by atoms with van der Waals surface area (Å²) in [6.07, 6.45) is 9.28. The van der Waals surface area contributed by atoms with Crippen molar-refractivity contribution in [1.82, 2.24) is 9.13 Å². The van der Waals surface area contributed by atoms with Gasteiger partial charge in [0.25, 0.3) is 5.56 Å². The number of carbonyl (C=O) groups excluding carboxylic acids is 1. The Morgan fingerprint density at radius 3 is 2.26 bits per heavy atom. The van der Waals surface area contributed by atoms with Gasteiger partial charge in [0.15, 0.2) is 0 Å². The van der Waals surface area contributed by atoms with Crippen LogP contribution in [0.4, 0.5) is 5.69 Å². The summed E-state index contributed by atoms with van der Waals surface area (Å²) in [5, 5.41) is 10.1. The molecule has 0 aliphatic carbocycles. The van der Waals surface area contributed by atoms with Gasteiger partial charge in [0, 0.05) is 20.3 Å². The summed E-state index contributed by atoms with van der Waals surface area (Å²) in [4.78, 5) is 40.3.